The summed E-state index contributed by atoms with van der Waals surface area (Å²) < 4.78 is 0. The second-order valence-corrected chi connectivity index (χ2v) is 4.01. The number of hydrogen-bond acceptors (Lipinski definition) is 3. The van der Waals surface area contributed by atoms with E-state index in [2.05, 4.69) is 12.1 Å². The molecule has 0 aromatic heterocycles. The average Bonchev–Trinajstić information content (AvgIpc) is 2.19. The Hall–Kier alpha value is -0.510. The summed E-state index contributed by atoms with van der Waals surface area (Å²) >= 11 is 1.75. The molecule has 0 heterocycles. The van der Waals surface area contributed by atoms with Crippen molar-refractivity contribution in [2.75, 3.05) is 12.3 Å². The van der Waals surface area contributed by atoms with Crippen LogP contribution in [0.1, 0.15) is 6.42 Å². The van der Waals surface area contributed by atoms with Gasteiger partial charge in [-0.15, -0.1) is 11.8 Å². The zero-order chi connectivity index (χ0) is 9.52. The molecular formula is C10H15NOS. The lowest BCUT2D eigenvalue weighted by molar-refractivity contribution is 0.180. The first-order chi connectivity index (χ1) is 6.33. The van der Waals surface area contributed by atoms with Crippen molar-refractivity contribution >= 4 is 11.8 Å². The minimum atomic E-state index is -0.351. The van der Waals surface area contributed by atoms with E-state index < -0.39 is 0 Å². The number of hydrogen-bond donors (Lipinski definition) is 2. The Balaban J connectivity index is 2.20. The molecule has 1 aromatic rings. The van der Waals surface area contributed by atoms with E-state index in [1.807, 2.05) is 18.2 Å². The van der Waals surface area contributed by atoms with E-state index in [1.54, 1.807) is 11.8 Å². The SMILES string of the molecule is NCC(O)CCSc1ccccc1. The van der Waals surface area contributed by atoms with Crippen LogP contribution >= 0.6 is 11.8 Å². The minimum absolute atomic E-state index is 0.351. The lowest BCUT2D eigenvalue weighted by Crippen LogP contribution is -2.19. The normalized spacial score (nSPS) is 12.8. The van der Waals surface area contributed by atoms with Crippen LogP contribution in [0.3, 0.4) is 0 Å². The smallest absolute Gasteiger partial charge is 0.0670 e. The second kappa shape index (κ2) is 6.02. The first kappa shape index (κ1) is 10.6. The molecule has 2 nitrogen and oxygen atoms in total. The third-order valence-corrected chi connectivity index (χ3v) is 2.78. The summed E-state index contributed by atoms with van der Waals surface area (Å²) in [6.07, 6.45) is 0.409. The predicted octanol–water partition coefficient (Wildman–Crippen LogP) is 1.49. The molecule has 0 aliphatic rings. The maximum Gasteiger partial charge on any atom is 0.0670 e. The van der Waals surface area contributed by atoms with E-state index in [0.717, 1.165) is 12.2 Å². The van der Waals surface area contributed by atoms with E-state index in [9.17, 15) is 5.11 Å². The highest BCUT2D eigenvalue weighted by Gasteiger charge is 2.00. The summed E-state index contributed by atoms with van der Waals surface area (Å²) in [6.45, 7) is 0.356. The zero-order valence-electron chi connectivity index (χ0n) is 7.52. The molecule has 0 fully saturated rings. The highest BCUT2D eigenvalue weighted by Crippen LogP contribution is 2.18. The van der Waals surface area contributed by atoms with Crippen molar-refractivity contribution in [3.63, 3.8) is 0 Å². The van der Waals surface area contributed by atoms with Crippen molar-refractivity contribution in [2.24, 2.45) is 5.73 Å². The predicted molar refractivity (Wildman–Crippen MR) is 56.8 cm³/mol. The fourth-order valence-electron chi connectivity index (χ4n) is 0.947. The summed E-state index contributed by atoms with van der Waals surface area (Å²) in [4.78, 5) is 1.24. The number of aliphatic hydroxyl groups excluding tert-OH is 1. The van der Waals surface area contributed by atoms with Crippen molar-refractivity contribution in [1.29, 1.82) is 0 Å². The van der Waals surface area contributed by atoms with Gasteiger partial charge in [0.15, 0.2) is 0 Å². The van der Waals surface area contributed by atoms with Gasteiger partial charge >= 0.3 is 0 Å². The van der Waals surface area contributed by atoms with Crippen molar-refractivity contribution in [3.05, 3.63) is 30.3 Å². The molecular weight excluding hydrogens is 182 g/mol. The van der Waals surface area contributed by atoms with Crippen LogP contribution in [-0.2, 0) is 0 Å². The lowest BCUT2D eigenvalue weighted by atomic mass is 10.3. The molecule has 0 saturated heterocycles. The first-order valence-corrected chi connectivity index (χ1v) is 5.37. The van der Waals surface area contributed by atoms with Crippen LogP contribution in [0.2, 0.25) is 0 Å². The van der Waals surface area contributed by atoms with Crippen LogP contribution in [-0.4, -0.2) is 23.5 Å². The fourth-order valence-corrected chi connectivity index (χ4v) is 1.92. The third kappa shape index (κ3) is 4.31. The number of nitrogens with two attached hydrogens (primary N) is 1. The quantitative estimate of drug-likeness (QED) is 0.703. The molecule has 1 unspecified atom stereocenters. The molecule has 0 spiro atoms. The van der Waals surface area contributed by atoms with Crippen LogP contribution in [0.25, 0.3) is 0 Å². The van der Waals surface area contributed by atoms with Crippen LogP contribution in [0.15, 0.2) is 35.2 Å². The molecule has 1 aromatic carbocycles. The van der Waals surface area contributed by atoms with Gasteiger partial charge in [-0.2, -0.15) is 0 Å². The summed E-state index contributed by atoms with van der Waals surface area (Å²) in [5.74, 6) is 0.919. The van der Waals surface area contributed by atoms with Gasteiger partial charge in [-0.1, -0.05) is 18.2 Å². The van der Waals surface area contributed by atoms with Crippen LogP contribution in [0.4, 0.5) is 0 Å². The third-order valence-electron chi connectivity index (χ3n) is 1.74. The standard InChI is InChI=1S/C10H15NOS/c11-8-9(12)6-7-13-10-4-2-1-3-5-10/h1-5,9,12H,6-8,11H2. The van der Waals surface area contributed by atoms with Gasteiger partial charge in [0.1, 0.15) is 0 Å². The Morgan fingerprint density at radius 3 is 2.62 bits per heavy atom. The van der Waals surface area contributed by atoms with Gasteiger partial charge in [0, 0.05) is 17.2 Å². The van der Waals surface area contributed by atoms with Crippen LogP contribution < -0.4 is 5.73 Å². The van der Waals surface area contributed by atoms with Crippen molar-refractivity contribution < 1.29 is 5.11 Å². The largest absolute Gasteiger partial charge is 0.392 e. The van der Waals surface area contributed by atoms with Gasteiger partial charge < -0.3 is 10.8 Å². The summed E-state index contributed by atoms with van der Waals surface area (Å²) in [7, 11) is 0. The van der Waals surface area contributed by atoms with Gasteiger partial charge in [0.25, 0.3) is 0 Å². The zero-order valence-corrected chi connectivity index (χ0v) is 8.33. The molecule has 3 heteroatoms. The van der Waals surface area contributed by atoms with Crippen LogP contribution in [0, 0.1) is 0 Å². The summed E-state index contributed by atoms with van der Waals surface area (Å²) in [6, 6.07) is 10.2. The molecule has 0 amide bonds. The van der Waals surface area contributed by atoms with E-state index >= 15 is 0 Å². The second-order valence-electron chi connectivity index (χ2n) is 2.84. The average molecular weight is 197 g/mol. The van der Waals surface area contributed by atoms with E-state index in [4.69, 9.17) is 5.73 Å². The monoisotopic (exact) mass is 197 g/mol. The Morgan fingerprint density at radius 1 is 1.31 bits per heavy atom. The minimum Gasteiger partial charge on any atom is -0.392 e. The van der Waals surface area contributed by atoms with Gasteiger partial charge in [0.2, 0.25) is 0 Å². The molecule has 0 radical (unpaired) electrons. The molecule has 13 heavy (non-hydrogen) atoms. The van der Waals surface area contributed by atoms with Crippen molar-refractivity contribution in [3.8, 4) is 0 Å². The van der Waals surface area contributed by atoms with Gasteiger partial charge in [-0.3, -0.25) is 0 Å². The van der Waals surface area contributed by atoms with E-state index in [-0.39, 0.29) is 6.10 Å². The molecule has 3 N–H and O–H groups in total. The van der Waals surface area contributed by atoms with E-state index in [1.165, 1.54) is 4.90 Å². The highest BCUT2D eigenvalue weighted by atomic mass is 32.2. The number of thioether (sulfide) groups is 1. The van der Waals surface area contributed by atoms with Crippen molar-refractivity contribution in [2.45, 2.75) is 17.4 Å². The maximum atomic E-state index is 9.20. The molecule has 0 saturated carbocycles. The first-order valence-electron chi connectivity index (χ1n) is 4.39. The maximum absolute atomic E-state index is 9.20. The van der Waals surface area contributed by atoms with Gasteiger partial charge in [0.05, 0.1) is 6.10 Å². The summed E-state index contributed by atoms with van der Waals surface area (Å²) in [5.41, 5.74) is 5.29. The molecule has 72 valence electrons. The molecule has 0 bridgehead atoms. The fraction of sp³-hybridized carbons (Fsp3) is 0.400. The highest BCUT2D eigenvalue weighted by molar-refractivity contribution is 7.99. The molecule has 1 rings (SSSR count). The molecule has 0 aliphatic heterocycles. The number of aliphatic hydroxyl groups is 1. The molecule has 1 atom stereocenters. The molecule has 0 aliphatic carbocycles. The van der Waals surface area contributed by atoms with E-state index in [0.29, 0.717) is 6.54 Å². The Morgan fingerprint density at radius 2 is 2.00 bits per heavy atom. The number of rotatable bonds is 5. The number of benzene rings is 1. The van der Waals surface area contributed by atoms with Gasteiger partial charge in [-0.25, -0.2) is 0 Å². The Kier molecular flexibility index (Phi) is 4.90. The topological polar surface area (TPSA) is 46.2 Å². The Bertz CT molecular complexity index is 228. The van der Waals surface area contributed by atoms with Crippen LogP contribution in [0.5, 0.6) is 0 Å². The van der Waals surface area contributed by atoms with Gasteiger partial charge in [-0.05, 0) is 18.6 Å². The van der Waals surface area contributed by atoms with Crippen molar-refractivity contribution in [1.82, 2.24) is 0 Å². The lowest BCUT2D eigenvalue weighted by Gasteiger charge is -2.06. The summed E-state index contributed by atoms with van der Waals surface area (Å²) in [5, 5.41) is 9.20. The Labute approximate surface area is 83.1 Å².